The highest BCUT2D eigenvalue weighted by atomic mass is 19.1. The predicted octanol–water partition coefficient (Wildman–Crippen LogP) is 5.23. The average Bonchev–Trinajstić information content (AvgIpc) is 3.35. The zero-order valence-corrected chi connectivity index (χ0v) is 20.7. The molecule has 0 radical (unpaired) electrons. The van der Waals surface area contributed by atoms with Crippen molar-refractivity contribution in [2.24, 2.45) is 0 Å². The summed E-state index contributed by atoms with van der Waals surface area (Å²) in [5.74, 6) is -0.663. The van der Waals surface area contributed by atoms with Gasteiger partial charge in [-0.15, -0.1) is 0 Å². The van der Waals surface area contributed by atoms with Crippen molar-refractivity contribution in [2.45, 2.75) is 26.7 Å². The molecule has 7 heteroatoms. The van der Waals surface area contributed by atoms with E-state index < -0.39 is 0 Å². The fraction of sp³-hybridized carbons (Fsp3) is 0.167. The lowest BCUT2D eigenvalue weighted by molar-refractivity contribution is -0.120. The van der Waals surface area contributed by atoms with Crippen molar-refractivity contribution in [3.05, 3.63) is 106 Å². The molecule has 0 bridgehead atoms. The first-order valence-electron chi connectivity index (χ1n) is 12.2. The molecule has 4 aromatic rings. The van der Waals surface area contributed by atoms with Gasteiger partial charge in [-0.05, 0) is 72.9 Å². The van der Waals surface area contributed by atoms with Crippen LogP contribution in [0.25, 0.3) is 22.8 Å². The Kier molecular flexibility index (Phi) is 6.68. The quantitative estimate of drug-likeness (QED) is 0.308. The number of aromatic amines is 1. The second-order valence-corrected chi connectivity index (χ2v) is 9.12. The van der Waals surface area contributed by atoms with E-state index in [0.717, 1.165) is 34.5 Å². The third-order valence-electron chi connectivity index (χ3n) is 6.73. The second kappa shape index (κ2) is 10.2. The number of nitrogens with one attached hydrogen (secondary N) is 3. The summed E-state index contributed by atoms with van der Waals surface area (Å²) in [7, 11) is 0. The minimum Gasteiger partial charge on any atom is -0.359 e. The molecule has 5 rings (SSSR count). The van der Waals surface area contributed by atoms with Gasteiger partial charge in [-0.1, -0.05) is 30.3 Å². The fourth-order valence-electron chi connectivity index (χ4n) is 4.78. The van der Waals surface area contributed by atoms with Gasteiger partial charge in [0.25, 0.3) is 5.91 Å². The smallest absolute Gasteiger partial charge is 0.256 e. The highest BCUT2D eigenvalue weighted by Crippen LogP contribution is 2.41. The number of fused-ring (bicyclic) bond motifs is 1. The summed E-state index contributed by atoms with van der Waals surface area (Å²) < 4.78 is 14.7. The standard InChI is InChI=1S/C30H27FN4O2/c1-18-23(17-28(36)33-15-12-20-10-13-32-14-11-20)19(2)34-27(18)16-24-29-22(21-6-3-4-8-25(21)31)7-5-9-26(29)35-30(24)37/h3-11,13-14,16,34H,12,15,17H2,1-2H3,(H,33,36)(H,35,37). The Morgan fingerprint density at radius 1 is 1.03 bits per heavy atom. The van der Waals surface area contributed by atoms with E-state index >= 15 is 0 Å². The number of carbonyl (C=O) groups excluding carboxylic acids is 2. The van der Waals surface area contributed by atoms with Crippen LogP contribution >= 0.6 is 0 Å². The zero-order valence-electron chi connectivity index (χ0n) is 20.7. The maximum Gasteiger partial charge on any atom is 0.256 e. The molecule has 0 unspecified atom stereocenters. The number of rotatable bonds is 7. The van der Waals surface area contributed by atoms with E-state index in [9.17, 15) is 14.0 Å². The first-order chi connectivity index (χ1) is 17.9. The number of aromatic nitrogens is 2. The van der Waals surface area contributed by atoms with Crippen LogP contribution in [-0.2, 0) is 22.4 Å². The van der Waals surface area contributed by atoms with Crippen molar-refractivity contribution < 1.29 is 14.0 Å². The molecule has 0 aliphatic carbocycles. The largest absolute Gasteiger partial charge is 0.359 e. The van der Waals surface area contributed by atoms with Crippen molar-refractivity contribution in [2.75, 3.05) is 11.9 Å². The zero-order chi connectivity index (χ0) is 25.9. The van der Waals surface area contributed by atoms with Crippen LogP contribution < -0.4 is 10.6 Å². The highest BCUT2D eigenvalue weighted by molar-refractivity contribution is 6.36. The van der Waals surface area contributed by atoms with Gasteiger partial charge in [0.2, 0.25) is 5.91 Å². The first kappa shape index (κ1) is 24.2. The summed E-state index contributed by atoms with van der Waals surface area (Å²) in [6, 6.07) is 15.8. The lowest BCUT2D eigenvalue weighted by Gasteiger charge is -2.09. The van der Waals surface area contributed by atoms with E-state index in [2.05, 4.69) is 20.6 Å². The minimum atomic E-state index is -0.348. The van der Waals surface area contributed by atoms with Crippen molar-refractivity contribution in [1.82, 2.24) is 15.3 Å². The summed E-state index contributed by atoms with van der Waals surface area (Å²) in [6.07, 6.45) is 6.23. The molecule has 0 saturated carbocycles. The minimum absolute atomic E-state index is 0.0655. The van der Waals surface area contributed by atoms with Crippen LogP contribution in [0.2, 0.25) is 0 Å². The summed E-state index contributed by atoms with van der Waals surface area (Å²) >= 11 is 0. The molecule has 6 nitrogen and oxygen atoms in total. The molecule has 37 heavy (non-hydrogen) atoms. The van der Waals surface area contributed by atoms with Crippen LogP contribution in [-0.4, -0.2) is 28.3 Å². The highest BCUT2D eigenvalue weighted by Gasteiger charge is 2.28. The third kappa shape index (κ3) is 4.93. The third-order valence-corrected chi connectivity index (χ3v) is 6.73. The molecule has 0 atom stereocenters. The maximum atomic E-state index is 14.7. The molecule has 1 aliphatic heterocycles. The Morgan fingerprint density at radius 2 is 1.78 bits per heavy atom. The van der Waals surface area contributed by atoms with E-state index in [-0.39, 0.29) is 24.1 Å². The van der Waals surface area contributed by atoms with Crippen LogP contribution in [0.4, 0.5) is 10.1 Å². The number of hydrogen-bond acceptors (Lipinski definition) is 3. The fourth-order valence-corrected chi connectivity index (χ4v) is 4.78. The first-order valence-corrected chi connectivity index (χ1v) is 12.2. The van der Waals surface area contributed by atoms with E-state index in [1.165, 1.54) is 6.07 Å². The molecule has 2 aromatic carbocycles. The topological polar surface area (TPSA) is 86.9 Å². The Hall–Kier alpha value is -4.52. The maximum absolute atomic E-state index is 14.7. The summed E-state index contributed by atoms with van der Waals surface area (Å²) in [5.41, 5.74) is 7.38. The van der Waals surface area contributed by atoms with Gasteiger partial charge in [0, 0.05) is 47.1 Å². The second-order valence-electron chi connectivity index (χ2n) is 9.12. The van der Waals surface area contributed by atoms with Gasteiger partial charge in [0.15, 0.2) is 0 Å². The molecule has 3 heterocycles. The number of H-pyrrole nitrogens is 1. The SMILES string of the molecule is Cc1[nH]c(C=C2C(=O)Nc3cccc(-c4ccccc4F)c32)c(C)c1CC(=O)NCCc1ccncc1. The number of aryl methyl sites for hydroxylation is 1. The van der Waals surface area contributed by atoms with Crippen LogP contribution in [0.5, 0.6) is 0 Å². The van der Waals surface area contributed by atoms with Gasteiger partial charge in [0.05, 0.1) is 12.0 Å². The lowest BCUT2D eigenvalue weighted by Crippen LogP contribution is -2.27. The van der Waals surface area contributed by atoms with Crippen LogP contribution in [0.1, 0.15) is 33.6 Å². The molecule has 3 N–H and O–H groups in total. The number of anilines is 1. The van der Waals surface area contributed by atoms with Gasteiger partial charge >= 0.3 is 0 Å². The van der Waals surface area contributed by atoms with Gasteiger partial charge in [-0.25, -0.2) is 4.39 Å². The lowest BCUT2D eigenvalue weighted by atomic mass is 9.93. The van der Waals surface area contributed by atoms with Crippen LogP contribution in [0.15, 0.2) is 67.0 Å². The molecular weight excluding hydrogens is 467 g/mol. The van der Waals surface area contributed by atoms with Crippen molar-refractivity contribution in [1.29, 1.82) is 0 Å². The van der Waals surface area contributed by atoms with Crippen LogP contribution in [0.3, 0.4) is 0 Å². The normalized spacial score (nSPS) is 13.5. The molecule has 0 fully saturated rings. The Balaban J connectivity index is 1.40. The molecule has 0 spiro atoms. The van der Waals surface area contributed by atoms with Gasteiger partial charge in [-0.2, -0.15) is 0 Å². The monoisotopic (exact) mass is 494 g/mol. The number of hydrogen-bond donors (Lipinski definition) is 3. The molecule has 2 amide bonds. The van der Waals surface area contributed by atoms with E-state index in [4.69, 9.17) is 0 Å². The van der Waals surface area contributed by atoms with Gasteiger partial charge < -0.3 is 15.6 Å². The van der Waals surface area contributed by atoms with Gasteiger partial charge in [-0.3, -0.25) is 14.6 Å². The molecule has 2 aromatic heterocycles. The molecule has 186 valence electrons. The molecule has 0 saturated heterocycles. The van der Waals surface area contributed by atoms with E-state index in [1.807, 2.05) is 38.1 Å². The number of benzene rings is 2. The van der Waals surface area contributed by atoms with Crippen molar-refractivity contribution in [3.8, 4) is 11.1 Å². The number of nitrogens with zero attached hydrogens (tertiary/aromatic N) is 1. The van der Waals surface area contributed by atoms with Crippen LogP contribution in [0, 0.1) is 19.7 Å². The number of pyridine rings is 1. The van der Waals surface area contributed by atoms with Gasteiger partial charge in [0.1, 0.15) is 5.82 Å². The summed E-state index contributed by atoms with van der Waals surface area (Å²) in [5, 5.41) is 5.87. The Morgan fingerprint density at radius 3 is 2.57 bits per heavy atom. The average molecular weight is 495 g/mol. The summed E-state index contributed by atoms with van der Waals surface area (Å²) in [6.45, 7) is 4.39. The number of halogens is 1. The summed E-state index contributed by atoms with van der Waals surface area (Å²) in [4.78, 5) is 33.0. The van der Waals surface area contributed by atoms with Crippen molar-refractivity contribution >= 4 is 29.2 Å². The number of carbonyl (C=O) groups is 2. The molecular formula is C30H27FN4O2. The number of amides is 2. The Labute approximate surface area is 214 Å². The molecule has 1 aliphatic rings. The predicted molar refractivity (Wildman–Crippen MR) is 143 cm³/mol. The van der Waals surface area contributed by atoms with Crippen molar-refractivity contribution in [3.63, 3.8) is 0 Å². The van der Waals surface area contributed by atoms with E-state index in [0.29, 0.717) is 34.5 Å². The van der Waals surface area contributed by atoms with E-state index in [1.54, 1.807) is 42.7 Å². The Bertz CT molecular complexity index is 1520.